The van der Waals surface area contributed by atoms with E-state index in [2.05, 4.69) is 5.32 Å². The molecule has 0 saturated heterocycles. The summed E-state index contributed by atoms with van der Waals surface area (Å²) in [5.74, 6) is 0.0164. The van der Waals surface area contributed by atoms with Gasteiger partial charge in [0.2, 0.25) is 15.9 Å². The third-order valence-electron chi connectivity index (χ3n) is 3.96. The van der Waals surface area contributed by atoms with E-state index in [4.69, 9.17) is 0 Å². The maximum absolute atomic E-state index is 12.6. The number of nitrogens with zero attached hydrogens (tertiary/aromatic N) is 1. The monoisotopic (exact) mass is 340 g/mol. The maximum Gasteiger partial charge on any atom is 0.244 e. The molecule has 1 aromatic rings. The van der Waals surface area contributed by atoms with Crippen LogP contribution in [0.2, 0.25) is 0 Å². The lowest BCUT2D eigenvalue weighted by atomic mass is 10.1. The number of sulfonamides is 1. The molecule has 0 unspecified atom stereocenters. The Kier molecular flexibility index (Phi) is 6.62. The Balaban J connectivity index is 3.21. The zero-order chi connectivity index (χ0) is 17.8. The van der Waals surface area contributed by atoms with Crippen molar-refractivity contribution in [3.63, 3.8) is 0 Å². The fourth-order valence-electron chi connectivity index (χ4n) is 2.31. The molecular formula is C17H28N2O3S. The van der Waals surface area contributed by atoms with Crippen LogP contribution in [0, 0.1) is 12.8 Å². The van der Waals surface area contributed by atoms with Crippen LogP contribution >= 0.6 is 0 Å². The van der Waals surface area contributed by atoms with Crippen LogP contribution in [0.25, 0.3) is 0 Å². The van der Waals surface area contributed by atoms with E-state index >= 15 is 0 Å². The van der Waals surface area contributed by atoms with Gasteiger partial charge < -0.3 is 5.32 Å². The molecule has 0 radical (unpaired) electrons. The third kappa shape index (κ3) is 5.23. The van der Waals surface area contributed by atoms with E-state index in [1.54, 1.807) is 18.2 Å². The Hall–Kier alpha value is -1.56. The summed E-state index contributed by atoms with van der Waals surface area (Å²) in [5, 5.41) is 2.92. The molecule has 0 aromatic heterocycles. The van der Waals surface area contributed by atoms with E-state index in [1.165, 1.54) is 4.31 Å². The Morgan fingerprint density at radius 2 is 1.87 bits per heavy atom. The normalized spacial score (nSPS) is 14.4. The van der Waals surface area contributed by atoms with Crippen molar-refractivity contribution < 1.29 is 13.2 Å². The molecule has 1 N–H and O–H groups in total. The van der Waals surface area contributed by atoms with Crippen LogP contribution in [0.15, 0.2) is 24.3 Å². The van der Waals surface area contributed by atoms with Gasteiger partial charge in [-0.2, -0.15) is 0 Å². The van der Waals surface area contributed by atoms with Crippen molar-refractivity contribution in [2.45, 2.75) is 53.1 Å². The minimum Gasteiger partial charge on any atom is -0.352 e. The van der Waals surface area contributed by atoms with Crippen molar-refractivity contribution >= 4 is 21.6 Å². The topological polar surface area (TPSA) is 66.5 Å². The van der Waals surface area contributed by atoms with Gasteiger partial charge in [-0.3, -0.25) is 9.10 Å². The van der Waals surface area contributed by atoms with Gasteiger partial charge in [0.1, 0.15) is 6.04 Å². The molecule has 0 bridgehead atoms. The van der Waals surface area contributed by atoms with Gasteiger partial charge in [0.05, 0.1) is 11.9 Å². The molecule has 6 heteroatoms. The first-order chi connectivity index (χ1) is 10.6. The Labute approximate surface area is 140 Å². The van der Waals surface area contributed by atoms with Crippen LogP contribution in [-0.2, 0) is 14.8 Å². The second-order valence-corrected chi connectivity index (χ2v) is 8.22. The standard InChI is InChI=1S/C17H28N2O3S/c1-7-16(17(20)18-14(5)12(2)3)19(23(6,21)22)15-10-8-9-13(4)11-15/h8-12,14,16H,7H2,1-6H3,(H,18,20)/t14-,16-/m1/s1. The third-order valence-corrected chi connectivity index (χ3v) is 5.14. The highest BCUT2D eigenvalue weighted by molar-refractivity contribution is 7.92. The highest BCUT2D eigenvalue weighted by Gasteiger charge is 2.32. The number of aryl methyl sites for hydroxylation is 1. The van der Waals surface area contributed by atoms with Gasteiger partial charge >= 0.3 is 0 Å². The lowest BCUT2D eigenvalue weighted by Crippen LogP contribution is -2.52. The van der Waals surface area contributed by atoms with Crippen molar-refractivity contribution in [3.05, 3.63) is 29.8 Å². The van der Waals surface area contributed by atoms with Crippen molar-refractivity contribution in [1.29, 1.82) is 0 Å². The molecular weight excluding hydrogens is 312 g/mol. The Morgan fingerprint density at radius 3 is 2.30 bits per heavy atom. The summed E-state index contributed by atoms with van der Waals surface area (Å²) in [5.41, 5.74) is 1.47. The molecule has 5 nitrogen and oxygen atoms in total. The van der Waals surface area contributed by atoms with Crippen LogP contribution < -0.4 is 9.62 Å². The number of rotatable bonds is 7. The van der Waals surface area contributed by atoms with Gasteiger partial charge in [0, 0.05) is 6.04 Å². The minimum absolute atomic E-state index is 0.0181. The molecule has 1 rings (SSSR count). The SMILES string of the molecule is CC[C@H](C(=O)N[C@H](C)C(C)C)N(c1cccc(C)c1)S(C)(=O)=O. The second kappa shape index (κ2) is 7.81. The molecule has 0 heterocycles. The zero-order valence-corrected chi connectivity index (χ0v) is 15.6. The van der Waals surface area contributed by atoms with Crippen molar-refractivity contribution in [1.82, 2.24) is 5.32 Å². The molecule has 1 aromatic carbocycles. The highest BCUT2D eigenvalue weighted by atomic mass is 32.2. The van der Waals surface area contributed by atoms with Crippen LogP contribution in [0.4, 0.5) is 5.69 Å². The summed E-state index contributed by atoms with van der Waals surface area (Å²) >= 11 is 0. The highest BCUT2D eigenvalue weighted by Crippen LogP contribution is 2.23. The quantitative estimate of drug-likeness (QED) is 0.830. The van der Waals surface area contributed by atoms with Gasteiger partial charge in [-0.1, -0.05) is 32.9 Å². The van der Waals surface area contributed by atoms with Crippen LogP contribution in [0.5, 0.6) is 0 Å². The van der Waals surface area contributed by atoms with Gasteiger partial charge in [-0.05, 0) is 43.9 Å². The molecule has 0 aliphatic heterocycles. The molecule has 0 fully saturated rings. The summed E-state index contributed by atoms with van der Waals surface area (Å²) in [7, 11) is -3.57. The predicted octanol–water partition coefficient (Wildman–Crippen LogP) is 2.70. The van der Waals surface area contributed by atoms with Crippen molar-refractivity contribution in [2.24, 2.45) is 5.92 Å². The first-order valence-electron chi connectivity index (χ1n) is 7.94. The molecule has 0 saturated carbocycles. The van der Waals surface area contributed by atoms with E-state index in [0.717, 1.165) is 11.8 Å². The van der Waals surface area contributed by atoms with Gasteiger partial charge in [0.25, 0.3) is 0 Å². The van der Waals surface area contributed by atoms with Gasteiger partial charge in [-0.25, -0.2) is 8.42 Å². The van der Waals surface area contributed by atoms with Crippen LogP contribution in [0.1, 0.15) is 39.7 Å². The van der Waals surface area contributed by atoms with Crippen molar-refractivity contribution in [3.8, 4) is 0 Å². The Morgan fingerprint density at radius 1 is 1.26 bits per heavy atom. The van der Waals surface area contributed by atoms with E-state index in [0.29, 0.717) is 12.1 Å². The molecule has 1 amide bonds. The fraction of sp³-hybridized carbons (Fsp3) is 0.588. The lowest BCUT2D eigenvalue weighted by Gasteiger charge is -2.31. The number of anilines is 1. The van der Waals surface area contributed by atoms with Crippen LogP contribution in [-0.4, -0.2) is 32.7 Å². The largest absolute Gasteiger partial charge is 0.352 e. The number of nitrogens with one attached hydrogen (secondary N) is 1. The molecule has 23 heavy (non-hydrogen) atoms. The maximum atomic E-state index is 12.6. The number of hydrogen-bond acceptors (Lipinski definition) is 3. The lowest BCUT2D eigenvalue weighted by molar-refractivity contribution is -0.123. The minimum atomic E-state index is -3.57. The number of amides is 1. The average molecular weight is 340 g/mol. The first-order valence-corrected chi connectivity index (χ1v) is 9.79. The average Bonchev–Trinajstić information content (AvgIpc) is 2.42. The van der Waals surface area contributed by atoms with Gasteiger partial charge in [0.15, 0.2) is 0 Å². The number of hydrogen-bond donors (Lipinski definition) is 1. The molecule has 0 aliphatic carbocycles. The molecule has 0 spiro atoms. The van der Waals surface area contributed by atoms with Gasteiger partial charge in [-0.15, -0.1) is 0 Å². The second-order valence-electron chi connectivity index (χ2n) is 6.36. The van der Waals surface area contributed by atoms with E-state index in [9.17, 15) is 13.2 Å². The fourth-order valence-corrected chi connectivity index (χ4v) is 3.52. The first kappa shape index (κ1) is 19.5. The number of benzene rings is 1. The summed E-state index contributed by atoms with van der Waals surface area (Å²) in [6.07, 6.45) is 1.54. The van der Waals surface area contributed by atoms with Crippen molar-refractivity contribution in [2.75, 3.05) is 10.6 Å². The summed E-state index contributed by atoms with van der Waals surface area (Å²) in [6.45, 7) is 9.67. The summed E-state index contributed by atoms with van der Waals surface area (Å²) in [4.78, 5) is 12.6. The number of carbonyl (C=O) groups excluding carboxylic acids is 1. The van der Waals surface area contributed by atoms with E-state index < -0.39 is 16.1 Å². The van der Waals surface area contributed by atoms with E-state index in [-0.39, 0.29) is 17.9 Å². The summed E-state index contributed by atoms with van der Waals surface area (Å²) < 4.78 is 25.9. The smallest absolute Gasteiger partial charge is 0.244 e. The van der Waals surface area contributed by atoms with E-state index in [1.807, 2.05) is 40.7 Å². The molecule has 0 aliphatic rings. The van der Waals surface area contributed by atoms with Crippen LogP contribution in [0.3, 0.4) is 0 Å². The zero-order valence-electron chi connectivity index (χ0n) is 14.8. The number of carbonyl (C=O) groups is 1. The molecule has 130 valence electrons. The summed E-state index contributed by atoms with van der Waals surface area (Å²) in [6, 6.07) is 6.41. The molecule has 2 atom stereocenters. The predicted molar refractivity (Wildman–Crippen MR) is 95.0 cm³/mol. The Bertz CT molecular complexity index is 641.